The Morgan fingerprint density at radius 3 is 2.42 bits per heavy atom. The zero-order chi connectivity index (χ0) is 25.8. The maximum absolute atomic E-state index is 12.1. The number of ether oxygens (including phenoxy) is 2. The predicted molar refractivity (Wildman–Crippen MR) is 140 cm³/mol. The van der Waals surface area contributed by atoms with Gasteiger partial charge in [0.2, 0.25) is 0 Å². The first-order chi connectivity index (χ1) is 17.3. The molecule has 0 fully saturated rings. The molecule has 0 unspecified atom stereocenters. The molecule has 2 aromatic heterocycles. The lowest BCUT2D eigenvalue weighted by molar-refractivity contribution is -0.131. The maximum Gasteiger partial charge on any atom is 0.342 e. The Balaban J connectivity index is 1.66. The van der Waals surface area contributed by atoms with Gasteiger partial charge in [0.1, 0.15) is 27.9 Å². The highest BCUT2D eigenvalue weighted by atomic mass is 35.5. The molecule has 2 aromatic carbocycles. The van der Waals surface area contributed by atoms with Crippen LogP contribution < -0.4 is 9.47 Å². The largest absolute Gasteiger partial charge is 0.497 e. The molecule has 0 atom stereocenters. The van der Waals surface area contributed by atoms with Gasteiger partial charge < -0.3 is 23.6 Å². The number of methoxy groups -OCH3 is 2. The minimum absolute atomic E-state index is 0.00924. The quantitative estimate of drug-likeness (QED) is 0.182. The van der Waals surface area contributed by atoms with Gasteiger partial charge >= 0.3 is 5.97 Å². The van der Waals surface area contributed by atoms with Crippen molar-refractivity contribution in [3.05, 3.63) is 69.2 Å². The van der Waals surface area contributed by atoms with Gasteiger partial charge in [-0.25, -0.2) is 4.79 Å². The summed E-state index contributed by atoms with van der Waals surface area (Å²) < 4.78 is 18.4. The third-order valence-electron chi connectivity index (χ3n) is 5.15. The van der Waals surface area contributed by atoms with E-state index in [0.717, 1.165) is 17.3 Å². The summed E-state index contributed by atoms with van der Waals surface area (Å²) in [6.07, 6.45) is 1.43. The average Bonchev–Trinajstić information content (AvgIpc) is 3.50. The molecule has 0 bridgehead atoms. The van der Waals surface area contributed by atoms with Crippen LogP contribution in [0, 0.1) is 0 Å². The second-order valence-electron chi connectivity index (χ2n) is 7.39. The van der Waals surface area contributed by atoms with E-state index < -0.39 is 5.97 Å². The molecule has 8 nitrogen and oxygen atoms in total. The van der Waals surface area contributed by atoms with Crippen LogP contribution in [0.2, 0.25) is 10.0 Å². The number of aromatic nitrogens is 3. The Bertz CT molecular complexity index is 1430. The van der Waals surface area contributed by atoms with Gasteiger partial charge in [-0.15, -0.1) is 10.2 Å². The predicted octanol–water partition coefficient (Wildman–Crippen LogP) is 6.77. The van der Waals surface area contributed by atoms with Crippen molar-refractivity contribution in [2.45, 2.75) is 18.6 Å². The second-order valence-corrected chi connectivity index (χ2v) is 9.25. The summed E-state index contributed by atoms with van der Waals surface area (Å²) in [5.74, 6) is 1.47. The summed E-state index contributed by atoms with van der Waals surface area (Å²) in [6.45, 7) is 2.43. The minimum atomic E-state index is -1.13. The zero-order valence-electron chi connectivity index (χ0n) is 19.5. The average molecular weight is 546 g/mol. The molecule has 4 rings (SSSR count). The molecule has 0 aliphatic heterocycles. The fraction of sp³-hybridized carbons (Fsp3) is 0.160. The lowest BCUT2D eigenvalue weighted by Gasteiger charge is -2.10. The van der Waals surface area contributed by atoms with Gasteiger partial charge in [0, 0.05) is 34.8 Å². The summed E-state index contributed by atoms with van der Waals surface area (Å²) in [6, 6.07) is 13.8. The SMILES string of the molecule is CCn1c(S/C(=C\c2ccc(-c3ccc(Cl)cc3Cl)o2)C(=O)O)nnc1-c1cc(OC)cc(OC)c1. The van der Waals surface area contributed by atoms with Gasteiger partial charge in [-0.05, 0) is 61.2 Å². The molecule has 0 aliphatic carbocycles. The molecule has 0 spiro atoms. The first kappa shape index (κ1) is 25.7. The highest BCUT2D eigenvalue weighted by molar-refractivity contribution is 8.04. The Morgan fingerprint density at radius 2 is 1.81 bits per heavy atom. The van der Waals surface area contributed by atoms with Crippen molar-refractivity contribution in [3.63, 3.8) is 0 Å². The third kappa shape index (κ3) is 5.53. The van der Waals surface area contributed by atoms with Crippen molar-refractivity contribution in [3.8, 4) is 34.2 Å². The highest BCUT2D eigenvalue weighted by Crippen LogP contribution is 2.35. The molecule has 36 heavy (non-hydrogen) atoms. The zero-order valence-corrected chi connectivity index (χ0v) is 21.8. The van der Waals surface area contributed by atoms with E-state index in [1.807, 2.05) is 23.6 Å². The first-order valence-electron chi connectivity index (χ1n) is 10.7. The van der Waals surface area contributed by atoms with Crippen molar-refractivity contribution in [2.24, 2.45) is 0 Å². The van der Waals surface area contributed by atoms with Crippen LogP contribution in [0.15, 0.2) is 63.0 Å². The summed E-state index contributed by atoms with van der Waals surface area (Å²) in [4.78, 5) is 12.1. The second kappa shape index (κ2) is 11.1. The molecule has 0 radical (unpaired) electrons. The van der Waals surface area contributed by atoms with Gasteiger partial charge in [-0.2, -0.15) is 0 Å². The van der Waals surface area contributed by atoms with Crippen LogP contribution in [-0.2, 0) is 11.3 Å². The number of thioether (sulfide) groups is 1. The number of carbonyl (C=O) groups is 1. The van der Waals surface area contributed by atoms with Crippen molar-refractivity contribution in [2.75, 3.05) is 14.2 Å². The van der Waals surface area contributed by atoms with Gasteiger partial charge in [0.15, 0.2) is 11.0 Å². The number of nitrogens with zero attached hydrogens (tertiary/aromatic N) is 3. The summed E-state index contributed by atoms with van der Waals surface area (Å²) in [5, 5.41) is 19.7. The van der Waals surface area contributed by atoms with E-state index in [1.54, 1.807) is 50.6 Å². The molecule has 0 aliphatic rings. The molecule has 0 saturated carbocycles. The van der Waals surface area contributed by atoms with E-state index in [0.29, 0.717) is 56.2 Å². The minimum Gasteiger partial charge on any atom is -0.497 e. The van der Waals surface area contributed by atoms with Gasteiger partial charge in [-0.1, -0.05) is 23.2 Å². The van der Waals surface area contributed by atoms with Crippen LogP contribution in [0.25, 0.3) is 28.8 Å². The lowest BCUT2D eigenvalue weighted by atomic mass is 10.2. The van der Waals surface area contributed by atoms with Crippen molar-refractivity contribution < 1.29 is 23.8 Å². The Hall–Kier alpha value is -3.40. The van der Waals surface area contributed by atoms with Crippen molar-refractivity contribution >= 4 is 47.0 Å². The number of carboxylic acids is 1. The first-order valence-corrected chi connectivity index (χ1v) is 12.2. The molecule has 0 saturated heterocycles. The summed E-state index contributed by atoms with van der Waals surface area (Å²) in [5.41, 5.74) is 1.37. The van der Waals surface area contributed by atoms with E-state index in [4.69, 9.17) is 37.1 Å². The topological polar surface area (TPSA) is 99.6 Å². The normalized spacial score (nSPS) is 11.5. The van der Waals surface area contributed by atoms with Gasteiger partial charge in [0.05, 0.1) is 19.2 Å². The van der Waals surface area contributed by atoms with Crippen molar-refractivity contribution in [1.82, 2.24) is 14.8 Å². The van der Waals surface area contributed by atoms with Crippen LogP contribution in [0.4, 0.5) is 0 Å². The highest BCUT2D eigenvalue weighted by Gasteiger charge is 2.20. The van der Waals surface area contributed by atoms with Crippen LogP contribution in [0.5, 0.6) is 11.5 Å². The Kier molecular flexibility index (Phi) is 7.93. The van der Waals surface area contributed by atoms with E-state index in [1.165, 1.54) is 6.08 Å². The van der Waals surface area contributed by atoms with Crippen LogP contribution in [0.1, 0.15) is 12.7 Å². The monoisotopic (exact) mass is 545 g/mol. The molecule has 4 aromatic rings. The number of rotatable bonds is 9. The summed E-state index contributed by atoms with van der Waals surface area (Å²) in [7, 11) is 3.13. The smallest absolute Gasteiger partial charge is 0.342 e. The molecule has 0 amide bonds. The lowest BCUT2D eigenvalue weighted by Crippen LogP contribution is -2.03. The van der Waals surface area contributed by atoms with Crippen LogP contribution in [0.3, 0.4) is 0 Å². The number of hydrogen-bond acceptors (Lipinski definition) is 7. The number of aliphatic carboxylic acids is 1. The number of hydrogen-bond donors (Lipinski definition) is 1. The van der Waals surface area contributed by atoms with E-state index >= 15 is 0 Å². The molecular weight excluding hydrogens is 525 g/mol. The molecular formula is C25H21Cl2N3O5S. The molecule has 2 heterocycles. The Labute approximate surface area is 221 Å². The fourth-order valence-electron chi connectivity index (χ4n) is 3.43. The maximum atomic E-state index is 12.1. The summed E-state index contributed by atoms with van der Waals surface area (Å²) >= 11 is 13.2. The molecule has 1 N–H and O–H groups in total. The van der Waals surface area contributed by atoms with Crippen LogP contribution >= 0.6 is 35.0 Å². The van der Waals surface area contributed by atoms with Gasteiger partial charge in [0.25, 0.3) is 0 Å². The number of halogens is 2. The fourth-order valence-corrected chi connectivity index (χ4v) is 4.79. The number of carboxylic acid groups (broad SMARTS) is 1. The third-order valence-corrected chi connectivity index (χ3v) is 6.70. The van der Waals surface area contributed by atoms with E-state index in [9.17, 15) is 9.90 Å². The van der Waals surface area contributed by atoms with E-state index in [2.05, 4.69) is 10.2 Å². The standard InChI is InChI=1S/C25H21Cl2N3O5S/c1-4-30-23(14-9-17(33-2)12-18(10-14)34-3)28-29-25(30)36-22(24(31)32)13-16-6-8-21(35-16)19-7-5-15(26)11-20(19)27/h5-13H,4H2,1-3H3,(H,31,32)/b22-13-. The Morgan fingerprint density at radius 1 is 1.08 bits per heavy atom. The van der Waals surface area contributed by atoms with Gasteiger partial charge in [-0.3, -0.25) is 0 Å². The molecule has 11 heteroatoms. The molecule has 186 valence electrons. The van der Waals surface area contributed by atoms with Crippen LogP contribution in [-0.4, -0.2) is 40.1 Å². The van der Waals surface area contributed by atoms with Crippen molar-refractivity contribution in [1.29, 1.82) is 0 Å². The number of benzene rings is 2. The van der Waals surface area contributed by atoms with E-state index in [-0.39, 0.29) is 4.91 Å². The number of furan rings is 1.